The lowest BCUT2D eigenvalue weighted by Crippen LogP contribution is -2.24. The Hall–Kier alpha value is -3.29. The number of nitrogens with zero attached hydrogens (tertiary/aromatic N) is 3. The predicted octanol–water partition coefficient (Wildman–Crippen LogP) is 5.00. The highest BCUT2D eigenvalue weighted by molar-refractivity contribution is 7.99. The predicted molar refractivity (Wildman–Crippen MR) is 127 cm³/mol. The van der Waals surface area contributed by atoms with E-state index in [4.69, 9.17) is 16.3 Å². The molecule has 1 N–H and O–H groups in total. The van der Waals surface area contributed by atoms with E-state index in [1.165, 1.54) is 11.8 Å². The maximum absolute atomic E-state index is 12.4. The summed E-state index contributed by atoms with van der Waals surface area (Å²) in [7, 11) is 1.62. The monoisotopic (exact) mass is 464 g/mol. The third kappa shape index (κ3) is 5.12. The number of hydrogen-bond donors (Lipinski definition) is 1. The summed E-state index contributed by atoms with van der Waals surface area (Å²) in [6.45, 7) is 0.482. The molecule has 0 aliphatic carbocycles. The van der Waals surface area contributed by atoms with Crippen LogP contribution in [0.4, 0.5) is 0 Å². The van der Waals surface area contributed by atoms with Crippen molar-refractivity contribution in [2.75, 3.05) is 12.9 Å². The van der Waals surface area contributed by atoms with Gasteiger partial charge in [0.2, 0.25) is 5.91 Å². The second kappa shape index (κ2) is 10.3. The molecule has 1 amide bonds. The number of halogens is 1. The number of ether oxygens (including phenoxy) is 1. The van der Waals surface area contributed by atoms with Crippen LogP contribution in [0.2, 0.25) is 5.02 Å². The molecule has 0 fully saturated rings. The molecule has 6 nitrogen and oxygen atoms in total. The number of nitrogens with one attached hydrogen (secondary N) is 1. The van der Waals surface area contributed by atoms with Crippen molar-refractivity contribution in [3.8, 4) is 22.8 Å². The van der Waals surface area contributed by atoms with Crippen LogP contribution in [-0.4, -0.2) is 33.5 Å². The number of thioether (sulfide) groups is 1. The fourth-order valence-electron chi connectivity index (χ4n) is 3.12. The van der Waals surface area contributed by atoms with Gasteiger partial charge in [0, 0.05) is 17.8 Å². The first-order valence-electron chi connectivity index (χ1n) is 9.94. The molecule has 162 valence electrons. The zero-order valence-electron chi connectivity index (χ0n) is 17.4. The van der Waals surface area contributed by atoms with Crippen LogP contribution in [0.25, 0.3) is 17.1 Å². The Kier molecular flexibility index (Phi) is 7.09. The molecule has 1 aromatic heterocycles. The molecule has 4 rings (SSSR count). The van der Waals surface area contributed by atoms with Crippen LogP contribution in [0.15, 0.2) is 84.0 Å². The van der Waals surface area contributed by atoms with Crippen LogP contribution in [0.5, 0.6) is 5.75 Å². The molecule has 1 heterocycles. The SMILES string of the molecule is COc1ccc(-n2c(SCC(=O)NCc3ccccc3)nnc2-c2ccccc2Cl)cc1. The number of amides is 1. The minimum absolute atomic E-state index is 0.0811. The maximum atomic E-state index is 12.4. The number of carbonyl (C=O) groups is 1. The van der Waals surface area contributed by atoms with Crippen molar-refractivity contribution in [3.63, 3.8) is 0 Å². The smallest absolute Gasteiger partial charge is 0.230 e. The van der Waals surface area contributed by atoms with E-state index in [2.05, 4.69) is 15.5 Å². The Morgan fingerprint density at radius 2 is 1.72 bits per heavy atom. The minimum atomic E-state index is -0.0811. The van der Waals surface area contributed by atoms with E-state index < -0.39 is 0 Å². The highest BCUT2D eigenvalue weighted by Gasteiger charge is 2.19. The number of benzene rings is 3. The number of hydrogen-bond acceptors (Lipinski definition) is 5. The second-order valence-electron chi connectivity index (χ2n) is 6.87. The topological polar surface area (TPSA) is 69.0 Å². The largest absolute Gasteiger partial charge is 0.497 e. The van der Waals surface area contributed by atoms with Gasteiger partial charge in [0.15, 0.2) is 11.0 Å². The highest BCUT2D eigenvalue weighted by atomic mass is 35.5. The van der Waals surface area contributed by atoms with Crippen LogP contribution < -0.4 is 10.1 Å². The first kappa shape index (κ1) is 21.9. The van der Waals surface area contributed by atoms with E-state index in [9.17, 15) is 4.79 Å². The van der Waals surface area contributed by atoms with Gasteiger partial charge in [-0.3, -0.25) is 9.36 Å². The third-order valence-corrected chi connectivity index (χ3v) is 6.00. The third-order valence-electron chi connectivity index (χ3n) is 4.74. The van der Waals surface area contributed by atoms with Crippen LogP contribution in [-0.2, 0) is 11.3 Å². The summed E-state index contributed by atoms with van der Waals surface area (Å²) in [6.07, 6.45) is 0. The lowest BCUT2D eigenvalue weighted by atomic mass is 10.2. The van der Waals surface area contributed by atoms with Gasteiger partial charge >= 0.3 is 0 Å². The number of methoxy groups -OCH3 is 1. The van der Waals surface area contributed by atoms with Crippen molar-refractivity contribution in [1.29, 1.82) is 0 Å². The Labute approximate surface area is 195 Å². The van der Waals surface area contributed by atoms with Crippen LogP contribution in [0, 0.1) is 0 Å². The maximum Gasteiger partial charge on any atom is 0.230 e. The Morgan fingerprint density at radius 1 is 1.00 bits per heavy atom. The summed E-state index contributed by atoms with van der Waals surface area (Å²) < 4.78 is 7.17. The summed E-state index contributed by atoms with van der Waals surface area (Å²) >= 11 is 7.75. The van der Waals surface area contributed by atoms with E-state index in [1.54, 1.807) is 7.11 Å². The van der Waals surface area contributed by atoms with Crippen molar-refractivity contribution in [1.82, 2.24) is 20.1 Å². The van der Waals surface area contributed by atoms with Crippen molar-refractivity contribution in [2.24, 2.45) is 0 Å². The number of carbonyl (C=O) groups excluding carboxylic acids is 1. The van der Waals surface area contributed by atoms with Crippen molar-refractivity contribution in [2.45, 2.75) is 11.7 Å². The summed E-state index contributed by atoms with van der Waals surface area (Å²) in [5, 5.41) is 12.8. The quantitative estimate of drug-likeness (QED) is 0.371. The first-order chi connectivity index (χ1) is 15.7. The fraction of sp³-hybridized carbons (Fsp3) is 0.125. The van der Waals surface area contributed by atoms with Crippen molar-refractivity contribution < 1.29 is 9.53 Å². The summed E-state index contributed by atoms with van der Waals surface area (Å²) in [6, 6.07) is 24.8. The van der Waals surface area contributed by atoms with Crippen molar-refractivity contribution in [3.05, 3.63) is 89.4 Å². The molecule has 0 saturated carbocycles. The lowest BCUT2D eigenvalue weighted by molar-refractivity contribution is -0.118. The molecule has 4 aromatic rings. The lowest BCUT2D eigenvalue weighted by Gasteiger charge is -2.12. The van der Waals surface area contributed by atoms with Gasteiger partial charge in [0.05, 0.1) is 17.9 Å². The average molecular weight is 465 g/mol. The van der Waals surface area contributed by atoms with E-state index in [0.29, 0.717) is 22.5 Å². The molecule has 0 atom stereocenters. The summed E-state index contributed by atoms with van der Waals surface area (Å²) in [4.78, 5) is 12.4. The molecule has 0 bridgehead atoms. The van der Waals surface area contributed by atoms with Crippen LogP contribution in [0.3, 0.4) is 0 Å². The summed E-state index contributed by atoms with van der Waals surface area (Å²) in [5.41, 5.74) is 2.66. The molecule has 8 heteroatoms. The fourth-order valence-corrected chi connectivity index (χ4v) is 4.12. The number of aromatic nitrogens is 3. The van der Waals surface area contributed by atoms with Gasteiger partial charge < -0.3 is 10.1 Å². The minimum Gasteiger partial charge on any atom is -0.497 e. The zero-order valence-corrected chi connectivity index (χ0v) is 18.9. The average Bonchev–Trinajstić information content (AvgIpc) is 3.26. The van der Waals surface area contributed by atoms with Gasteiger partial charge in [-0.15, -0.1) is 10.2 Å². The van der Waals surface area contributed by atoms with Gasteiger partial charge in [0.25, 0.3) is 0 Å². The number of rotatable bonds is 8. The van der Waals surface area contributed by atoms with Crippen LogP contribution >= 0.6 is 23.4 Å². The molecule has 3 aromatic carbocycles. The standard InChI is InChI=1S/C24H21ClN4O2S/c1-31-19-13-11-18(12-14-19)29-23(20-9-5-6-10-21(20)25)27-28-24(29)32-16-22(30)26-15-17-7-3-2-4-8-17/h2-14H,15-16H2,1H3,(H,26,30). The molecule has 32 heavy (non-hydrogen) atoms. The summed E-state index contributed by atoms with van der Waals surface area (Å²) in [5.74, 6) is 1.48. The first-order valence-corrected chi connectivity index (χ1v) is 11.3. The molecule has 0 aliphatic rings. The molecule has 0 aliphatic heterocycles. The molecular weight excluding hydrogens is 444 g/mol. The second-order valence-corrected chi connectivity index (χ2v) is 8.22. The van der Waals surface area contributed by atoms with Crippen molar-refractivity contribution >= 4 is 29.3 Å². The Bertz CT molecular complexity index is 1200. The van der Waals surface area contributed by atoms with Gasteiger partial charge in [-0.1, -0.05) is 65.8 Å². The molecule has 0 spiro atoms. The highest BCUT2D eigenvalue weighted by Crippen LogP contribution is 2.32. The zero-order chi connectivity index (χ0) is 22.3. The van der Waals surface area contributed by atoms with Gasteiger partial charge in [0.1, 0.15) is 5.75 Å². The Morgan fingerprint density at radius 3 is 2.44 bits per heavy atom. The molecule has 0 saturated heterocycles. The van der Waals surface area contributed by atoms with E-state index >= 15 is 0 Å². The normalized spacial score (nSPS) is 10.7. The molecule has 0 unspecified atom stereocenters. The van der Waals surface area contributed by atoms with E-state index in [1.807, 2.05) is 83.4 Å². The Balaban J connectivity index is 1.57. The van der Waals surface area contributed by atoms with Gasteiger partial charge in [-0.25, -0.2) is 0 Å². The molecule has 0 radical (unpaired) electrons. The van der Waals surface area contributed by atoms with Crippen LogP contribution in [0.1, 0.15) is 5.56 Å². The van der Waals surface area contributed by atoms with E-state index in [-0.39, 0.29) is 11.7 Å². The van der Waals surface area contributed by atoms with Gasteiger partial charge in [-0.2, -0.15) is 0 Å². The molecular formula is C24H21ClN4O2S. The van der Waals surface area contributed by atoms with Gasteiger partial charge in [-0.05, 0) is 42.0 Å². The van der Waals surface area contributed by atoms with E-state index in [0.717, 1.165) is 22.6 Å².